The van der Waals surface area contributed by atoms with Crippen LogP contribution in [0.1, 0.15) is 5.56 Å². The van der Waals surface area contributed by atoms with Crippen LogP contribution in [0.3, 0.4) is 0 Å². The molecule has 2 aromatic carbocycles. The number of primary amides is 1. The van der Waals surface area contributed by atoms with Crippen molar-refractivity contribution in [2.45, 2.75) is 6.54 Å². The first-order chi connectivity index (χ1) is 14.4. The van der Waals surface area contributed by atoms with E-state index in [2.05, 4.69) is 10.3 Å². The summed E-state index contributed by atoms with van der Waals surface area (Å²) < 4.78 is 3.23. The van der Waals surface area contributed by atoms with Gasteiger partial charge in [-0.3, -0.25) is 4.57 Å². The van der Waals surface area contributed by atoms with Crippen molar-refractivity contribution in [2.75, 3.05) is 24.3 Å². The van der Waals surface area contributed by atoms with Crippen molar-refractivity contribution in [1.82, 2.24) is 14.1 Å². The Morgan fingerprint density at radius 2 is 1.87 bits per heavy atom. The molecule has 0 saturated carbocycles. The molecule has 0 aliphatic carbocycles. The van der Waals surface area contributed by atoms with Gasteiger partial charge in [0.05, 0.1) is 17.7 Å². The smallest absolute Gasteiger partial charge is 0.335 e. The van der Waals surface area contributed by atoms with E-state index in [9.17, 15) is 9.59 Å². The number of hydrogen-bond acceptors (Lipinski definition) is 4. The summed E-state index contributed by atoms with van der Waals surface area (Å²) in [4.78, 5) is 31.0. The number of anilines is 2. The number of benzene rings is 2. The summed E-state index contributed by atoms with van der Waals surface area (Å²) in [5.41, 5.74) is 9.48. The van der Waals surface area contributed by atoms with E-state index in [1.165, 1.54) is 4.57 Å². The molecule has 4 aromatic rings. The van der Waals surface area contributed by atoms with Crippen molar-refractivity contribution in [3.63, 3.8) is 0 Å². The first-order valence-electron chi connectivity index (χ1n) is 9.43. The molecule has 2 heterocycles. The molecule has 2 aromatic heterocycles. The van der Waals surface area contributed by atoms with Crippen LogP contribution in [-0.4, -0.2) is 34.2 Å². The average Bonchev–Trinajstić information content (AvgIpc) is 3.00. The van der Waals surface area contributed by atoms with E-state index < -0.39 is 6.03 Å². The maximum absolute atomic E-state index is 13.4. The molecule has 2 amide bonds. The molecule has 30 heavy (non-hydrogen) atoms. The molecule has 0 saturated heterocycles. The minimum atomic E-state index is -0.666. The Bertz CT molecular complexity index is 1270. The average molecular weight is 402 g/mol. The molecule has 0 radical (unpaired) electrons. The fraction of sp³-hybridized carbons (Fsp3) is 0.136. The molecule has 0 aliphatic heterocycles. The Labute approximate surface area is 173 Å². The van der Waals surface area contributed by atoms with E-state index in [4.69, 9.17) is 5.73 Å². The number of aromatic nitrogens is 3. The lowest BCUT2D eigenvalue weighted by Gasteiger charge is -2.12. The molecular formula is C22H22N6O2. The lowest BCUT2D eigenvalue weighted by Crippen LogP contribution is -2.24. The Morgan fingerprint density at radius 1 is 1.10 bits per heavy atom. The van der Waals surface area contributed by atoms with E-state index in [0.717, 1.165) is 16.8 Å². The summed E-state index contributed by atoms with van der Waals surface area (Å²) in [6, 6.07) is 18.0. The standard InChI is InChI=1S/C22H22N6O2/c1-26(2)17-10-8-15(9-11-17)14-27-19-7-4-12-24-20(19)28(22(27)30)18-6-3-5-16(13-18)25-21(23)29/h3-13H,14H2,1-2H3,(H3,23,25,29). The lowest BCUT2D eigenvalue weighted by molar-refractivity contribution is 0.259. The first-order valence-corrected chi connectivity index (χ1v) is 9.43. The van der Waals surface area contributed by atoms with Crippen LogP contribution in [0.4, 0.5) is 16.2 Å². The van der Waals surface area contributed by atoms with Crippen LogP contribution < -0.4 is 21.6 Å². The number of amides is 2. The molecule has 0 aliphatic rings. The SMILES string of the molecule is CN(C)c1ccc(Cn2c(=O)n(-c3cccc(NC(N)=O)c3)c3ncccc32)cc1. The highest BCUT2D eigenvalue weighted by molar-refractivity contribution is 5.88. The highest BCUT2D eigenvalue weighted by Crippen LogP contribution is 2.20. The Kier molecular flexibility index (Phi) is 4.97. The van der Waals surface area contributed by atoms with Crippen molar-refractivity contribution in [3.05, 3.63) is 82.9 Å². The van der Waals surface area contributed by atoms with Gasteiger partial charge in [0.1, 0.15) is 0 Å². The number of carbonyl (C=O) groups is 1. The lowest BCUT2D eigenvalue weighted by atomic mass is 10.2. The number of hydrogen-bond donors (Lipinski definition) is 2. The van der Waals surface area contributed by atoms with Crippen molar-refractivity contribution in [3.8, 4) is 5.69 Å². The summed E-state index contributed by atoms with van der Waals surface area (Å²) in [5, 5.41) is 2.54. The van der Waals surface area contributed by atoms with Crippen LogP contribution in [0.5, 0.6) is 0 Å². The van der Waals surface area contributed by atoms with Gasteiger partial charge < -0.3 is 16.0 Å². The third-order valence-corrected chi connectivity index (χ3v) is 4.86. The van der Waals surface area contributed by atoms with Crippen LogP contribution in [-0.2, 0) is 6.54 Å². The number of imidazole rings is 1. The summed E-state index contributed by atoms with van der Waals surface area (Å²) in [6.45, 7) is 0.418. The van der Waals surface area contributed by atoms with E-state index >= 15 is 0 Å². The van der Waals surface area contributed by atoms with Gasteiger partial charge in [-0.1, -0.05) is 18.2 Å². The number of nitrogens with two attached hydrogens (primary N) is 1. The highest BCUT2D eigenvalue weighted by Gasteiger charge is 2.16. The number of nitrogens with one attached hydrogen (secondary N) is 1. The van der Waals surface area contributed by atoms with Gasteiger partial charge in [0.15, 0.2) is 5.65 Å². The number of urea groups is 1. The maximum Gasteiger partial charge on any atom is 0.335 e. The summed E-state index contributed by atoms with van der Waals surface area (Å²) in [6.07, 6.45) is 1.65. The van der Waals surface area contributed by atoms with Crippen LogP contribution in [0.15, 0.2) is 71.7 Å². The number of rotatable bonds is 5. The summed E-state index contributed by atoms with van der Waals surface area (Å²) >= 11 is 0. The zero-order chi connectivity index (χ0) is 21.3. The van der Waals surface area contributed by atoms with E-state index in [0.29, 0.717) is 23.6 Å². The molecule has 0 bridgehead atoms. The van der Waals surface area contributed by atoms with Crippen LogP contribution in [0.2, 0.25) is 0 Å². The molecule has 0 fully saturated rings. The zero-order valence-corrected chi connectivity index (χ0v) is 16.7. The number of pyridine rings is 1. The minimum Gasteiger partial charge on any atom is -0.378 e. The third kappa shape index (κ3) is 3.62. The molecule has 0 spiro atoms. The van der Waals surface area contributed by atoms with Crippen LogP contribution >= 0.6 is 0 Å². The highest BCUT2D eigenvalue weighted by atomic mass is 16.2. The Hall–Kier alpha value is -4.07. The van der Waals surface area contributed by atoms with Gasteiger partial charge in [0.25, 0.3) is 0 Å². The van der Waals surface area contributed by atoms with Gasteiger partial charge in [-0.05, 0) is 48.0 Å². The van der Waals surface area contributed by atoms with Gasteiger partial charge in [0, 0.05) is 31.7 Å². The van der Waals surface area contributed by atoms with Crippen LogP contribution in [0, 0.1) is 0 Å². The molecule has 8 nitrogen and oxygen atoms in total. The van der Waals surface area contributed by atoms with Crippen molar-refractivity contribution < 1.29 is 4.79 Å². The predicted octanol–water partition coefficient (Wildman–Crippen LogP) is 2.79. The van der Waals surface area contributed by atoms with Gasteiger partial charge in [-0.25, -0.2) is 19.1 Å². The topological polar surface area (TPSA) is 98.2 Å². The second-order valence-corrected chi connectivity index (χ2v) is 7.15. The Morgan fingerprint density at radius 3 is 2.57 bits per heavy atom. The van der Waals surface area contributed by atoms with Gasteiger partial charge in [-0.15, -0.1) is 0 Å². The second-order valence-electron chi connectivity index (χ2n) is 7.15. The monoisotopic (exact) mass is 402 g/mol. The molecule has 3 N–H and O–H groups in total. The molecule has 8 heteroatoms. The minimum absolute atomic E-state index is 0.211. The van der Waals surface area contributed by atoms with Crippen molar-refractivity contribution >= 4 is 28.6 Å². The maximum atomic E-state index is 13.4. The molecule has 152 valence electrons. The normalized spacial score (nSPS) is 10.9. The second kappa shape index (κ2) is 7.75. The van der Waals surface area contributed by atoms with Gasteiger partial charge >= 0.3 is 11.7 Å². The quantitative estimate of drug-likeness (QED) is 0.536. The van der Waals surface area contributed by atoms with Crippen LogP contribution in [0.25, 0.3) is 16.9 Å². The summed E-state index contributed by atoms with van der Waals surface area (Å²) in [5.74, 6) is 0. The first kappa shape index (κ1) is 19.3. The largest absolute Gasteiger partial charge is 0.378 e. The molecule has 0 unspecified atom stereocenters. The van der Waals surface area contributed by atoms with Crippen molar-refractivity contribution in [1.29, 1.82) is 0 Å². The number of carbonyl (C=O) groups excluding carboxylic acids is 1. The fourth-order valence-corrected chi connectivity index (χ4v) is 3.42. The van der Waals surface area contributed by atoms with E-state index in [-0.39, 0.29) is 5.69 Å². The molecular weight excluding hydrogens is 380 g/mol. The Balaban J connectivity index is 1.81. The predicted molar refractivity (Wildman–Crippen MR) is 118 cm³/mol. The van der Waals surface area contributed by atoms with Gasteiger partial charge in [-0.2, -0.15) is 0 Å². The summed E-state index contributed by atoms with van der Waals surface area (Å²) in [7, 11) is 3.97. The van der Waals surface area contributed by atoms with E-state index in [1.54, 1.807) is 35.0 Å². The van der Waals surface area contributed by atoms with Gasteiger partial charge in [0.2, 0.25) is 0 Å². The number of nitrogens with zero attached hydrogens (tertiary/aromatic N) is 4. The van der Waals surface area contributed by atoms with E-state index in [1.807, 2.05) is 55.4 Å². The third-order valence-electron chi connectivity index (χ3n) is 4.86. The van der Waals surface area contributed by atoms with Crippen molar-refractivity contribution in [2.24, 2.45) is 5.73 Å². The number of fused-ring (bicyclic) bond motifs is 1. The molecule has 0 atom stereocenters. The zero-order valence-electron chi connectivity index (χ0n) is 16.7. The fourth-order valence-electron chi connectivity index (χ4n) is 3.42. The molecule has 4 rings (SSSR count).